The van der Waals surface area contributed by atoms with Crippen LogP contribution in [0.25, 0.3) is 0 Å². The van der Waals surface area contributed by atoms with Gasteiger partial charge in [0.05, 0.1) is 11.1 Å². The molecule has 164 valence electrons. The van der Waals surface area contributed by atoms with E-state index in [-0.39, 0.29) is 11.1 Å². The highest BCUT2D eigenvalue weighted by atomic mass is 19.4. The number of hydrogen-bond acceptors (Lipinski definition) is 6. The third-order valence-corrected chi connectivity index (χ3v) is 5.23. The van der Waals surface area contributed by atoms with Crippen molar-refractivity contribution in [1.29, 1.82) is 0 Å². The summed E-state index contributed by atoms with van der Waals surface area (Å²) in [5.41, 5.74) is -9.22. The molecule has 12 heteroatoms. The maximum atomic E-state index is 14.2. The topological polar surface area (TPSA) is 93.1 Å². The number of fused-ring (bicyclic) bond motifs is 2. The molecule has 0 amide bonds. The highest BCUT2D eigenvalue weighted by Gasteiger charge is 2.72. The maximum absolute atomic E-state index is 14.2. The molecule has 0 saturated heterocycles. The highest BCUT2D eigenvalue weighted by Crippen LogP contribution is 2.57. The zero-order valence-corrected chi connectivity index (χ0v) is 14.9. The van der Waals surface area contributed by atoms with Crippen molar-refractivity contribution >= 4 is 11.9 Å². The SMILES string of the molecule is O=C1OC(O)c2ccc(C(c3ccc4c(c3)C(O)OC4=O)(C(F)(F)F)C(F)(F)F)cc21. The first-order chi connectivity index (χ1) is 14.3. The Kier molecular flexibility index (Phi) is 4.39. The van der Waals surface area contributed by atoms with Crippen molar-refractivity contribution < 1.29 is 55.6 Å². The molecule has 0 aliphatic carbocycles. The Balaban J connectivity index is 2.04. The van der Waals surface area contributed by atoms with Gasteiger partial charge in [0, 0.05) is 11.1 Å². The Hall–Kier alpha value is -3.12. The van der Waals surface area contributed by atoms with Gasteiger partial charge in [0.15, 0.2) is 0 Å². The van der Waals surface area contributed by atoms with Crippen LogP contribution in [-0.4, -0.2) is 34.5 Å². The molecule has 2 heterocycles. The van der Waals surface area contributed by atoms with Crippen LogP contribution in [0.1, 0.15) is 55.5 Å². The van der Waals surface area contributed by atoms with Crippen LogP contribution in [0, 0.1) is 0 Å². The predicted molar refractivity (Wildman–Crippen MR) is 86.5 cm³/mol. The molecule has 2 aromatic carbocycles. The van der Waals surface area contributed by atoms with Crippen LogP contribution in [0.4, 0.5) is 26.3 Å². The minimum absolute atomic E-state index is 0.282. The van der Waals surface area contributed by atoms with Gasteiger partial charge >= 0.3 is 24.3 Å². The number of rotatable bonds is 2. The van der Waals surface area contributed by atoms with Crippen molar-refractivity contribution in [3.8, 4) is 0 Å². The first kappa shape index (κ1) is 21.1. The Morgan fingerprint density at radius 1 is 0.677 bits per heavy atom. The number of ether oxygens (including phenoxy) is 2. The van der Waals surface area contributed by atoms with Crippen molar-refractivity contribution in [2.75, 3.05) is 0 Å². The van der Waals surface area contributed by atoms with E-state index in [4.69, 9.17) is 0 Å². The van der Waals surface area contributed by atoms with E-state index in [2.05, 4.69) is 9.47 Å². The van der Waals surface area contributed by atoms with Gasteiger partial charge in [-0.25, -0.2) is 9.59 Å². The van der Waals surface area contributed by atoms with Crippen LogP contribution in [0.5, 0.6) is 0 Å². The number of aliphatic hydroxyl groups is 2. The third kappa shape index (κ3) is 2.82. The van der Waals surface area contributed by atoms with E-state index >= 15 is 0 Å². The van der Waals surface area contributed by atoms with Gasteiger partial charge in [-0.15, -0.1) is 0 Å². The molecular weight excluding hydrogens is 438 g/mol. The second-order valence-corrected chi connectivity index (χ2v) is 6.86. The maximum Gasteiger partial charge on any atom is 0.411 e. The monoisotopic (exact) mass is 448 g/mol. The fourth-order valence-electron chi connectivity index (χ4n) is 3.81. The van der Waals surface area contributed by atoms with E-state index in [0.29, 0.717) is 30.3 Å². The van der Waals surface area contributed by atoms with Crippen LogP contribution >= 0.6 is 0 Å². The average Bonchev–Trinajstić information content (AvgIpc) is 3.09. The largest absolute Gasteiger partial charge is 0.428 e. The molecule has 31 heavy (non-hydrogen) atoms. The predicted octanol–water partition coefficient (Wildman–Crippen LogP) is 3.42. The first-order valence-electron chi connectivity index (χ1n) is 8.49. The Morgan fingerprint density at radius 2 is 1.16 bits per heavy atom. The van der Waals surface area contributed by atoms with E-state index in [1.165, 1.54) is 0 Å². The molecule has 2 aliphatic heterocycles. The van der Waals surface area contributed by atoms with Crippen molar-refractivity contribution in [2.45, 2.75) is 30.3 Å². The summed E-state index contributed by atoms with van der Waals surface area (Å²) in [7, 11) is 0. The van der Waals surface area contributed by atoms with Gasteiger partial charge in [0.25, 0.3) is 0 Å². The zero-order valence-electron chi connectivity index (χ0n) is 14.9. The third-order valence-electron chi connectivity index (χ3n) is 5.23. The smallest absolute Gasteiger partial charge is 0.411 e. The zero-order chi connectivity index (χ0) is 22.9. The van der Waals surface area contributed by atoms with Crippen LogP contribution in [-0.2, 0) is 14.9 Å². The normalized spacial score (nSPS) is 20.9. The fraction of sp³-hybridized carbons (Fsp3) is 0.263. The highest BCUT2D eigenvalue weighted by molar-refractivity contribution is 5.95. The van der Waals surface area contributed by atoms with Gasteiger partial charge < -0.3 is 19.7 Å². The number of carbonyl (C=O) groups excluding carboxylic acids is 2. The summed E-state index contributed by atoms with van der Waals surface area (Å²) < 4.78 is 94.3. The van der Waals surface area contributed by atoms with E-state index in [0.717, 1.165) is 6.07 Å². The average molecular weight is 448 g/mol. The number of esters is 2. The second-order valence-electron chi connectivity index (χ2n) is 6.86. The molecule has 4 rings (SSSR count). The molecule has 2 unspecified atom stereocenters. The lowest BCUT2D eigenvalue weighted by Crippen LogP contribution is -2.55. The van der Waals surface area contributed by atoms with Gasteiger partial charge in [-0.2, -0.15) is 26.3 Å². The van der Waals surface area contributed by atoms with E-state index in [1.54, 1.807) is 0 Å². The molecule has 2 aromatic rings. The molecule has 2 atom stereocenters. The summed E-state index contributed by atoms with van der Waals surface area (Å²) >= 11 is 0. The van der Waals surface area contributed by atoms with Crippen molar-refractivity contribution in [1.82, 2.24) is 0 Å². The number of hydrogen-bond donors (Lipinski definition) is 2. The molecule has 0 fully saturated rings. The molecule has 0 spiro atoms. The summed E-state index contributed by atoms with van der Waals surface area (Å²) in [6.45, 7) is 0. The molecule has 2 aliphatic rings. The number of carbonyl (C=O) groups is 2. The van der Waals surface area contributed by atoms with Crippen molar-refractivity contribution in [3.05, 3.63) is 69.8 Å². The summed E-state index contributed by atoms with van der Waals surface area (Å²) in [5.74, 6) is -2.39. The van der Waals surface area contributed by atoms with E-state index in [1.807, 2.05) is 0 Å². The minimum atomic E-state index is -5.97. The van der Waals surface area contributed by atoms with E-state index in [9.17, 15) is 46.1 Å². The Bertz CT molecular complexity index is 1090. The van der Waals surface area contributed by atoms with Gasteiger partial charge in [0.2, 0.25) is 18.0 Å². The minimum Gasteiger partial charge on any atom is -0.428 e. The Labute approximate surface area is 168 Å². The lowest BCUT2D eigenvalue weighted by Gasteiger charge is -2.38. The van der Waals surface area contributed by atoms with Gasteiger partial charge in [-0.05, 0) is 29.3 Å². The van der Waals surface area contributed by atoms with Crippen LogP contribution in [0.15, 0.2) is 36.4 Å². The first-order valence-corrected chi connectivity index (χ1v) is 8.49. The van der Waals surface area contributed by atoms with Gasteiger partial charge in [-0.3, -0.25) is 0 Å². The van der Waals surface area contributed by atoms with Crippen molar-refractivity contribution in [2.24, 2.45) is 0 Å². The number of cyclic esters (lactones) is 2. The summed E-state index contributed by atoms with van der Waals surface area (Å²) in [6, 6.07) is 3.13. The lowest BCUT2D eigenvalue weighted by molar-refractivity contribution is -0.288. The van der Waals surface area contributed by atoms with Crippen LogP contribution < -0.4 is 0 Å². The lowest BCUT2D eigenvalue weighted by atomic mass is 9.71. The molecule has 0 saturated carbocycles. The molecule has 0 bridgehead atoms. The number of halogens is 6. The van der Waals surface area contributed by atoms with Gasteiger partial charge in [0.1, 0.15) is 0 Å². The summed E-state index contributed by atoms with van der Waals surface area (Å²) in [6.07, 6.45) is -15.8. The molecule has 0 radical (unpaired) electrons. The number of aliphatic hydroxyl groups excluding tert-OH is 2. The number of benzene rings is 2. The summed E-state index contributed by atoms with van der Waals surface area (Å²) in [5, 5.41) is 19.3. The standard InChI is InChI=1S/C19H10F6O6/c20-18(21,22)17(19(23,24)25,7-1-3-9-11(5-7)15(28)30-13(9)26)8-2-4-10-12(6-8)16(29)31-14(10)27/h1-6,13,16,26,29H. The number of alkyl halides is 6. The molecular formula is C19H10F6O6. The van der Waals surface area contributed by atoms with Crippen LogP contribution in [0.2, 0.25) is 0 Å². The molecule has 2 N–H and O–H groups in total. The summed E-state index contributed by atoms with van der Waals surface area (Å²) in [4.78, 5) is 23.4. The van der Waals surface area contributed by atoms with Crippen LogP contribution in [0.3, 0.4) is 0 Å². The van der Waals surface area contributed by atoms with Crippen molar-refractivity contribution in [3.63, 3.8) is 0 Å². The van der Waals surface area contributed by atoms with E-state index < -0.39 is 64.5 Å². The quantitative estimate of drug-likeness (QED) is 0.541. The van der Waals surface area contributed by atoms with Gasteiger partial charge in [-0.1, -0.05) is 18.2 Å². The Morgan fingerprint density at radius 3 is 1.74 bits per heavy atom. The molecule has 6 nitrogen and oxygen atoms in total. The fourth-order valence-corrected chi connectivity index (χ4v) is 3.81. The second kappa shape index (κ2) is 6.44. The molecule has 0 aromatic heterocycles.